The lowest BCUT2D eigenvalue weighted by atomic mass is 9.95. The summed E-state index contributed by atoms with van der Waals surface area (Å²) in [4.78, 5) is 25.9. The number of benzene rings is 2. The Morgan fingerprint density at radius 3 is 2.23 bits per heavy atom. The molecule has 6 nitrogen and oxygen atoms in total. The average molecular weight is 411 g/mol. The van der Waals surface area contributed by atoms with Gasteiger partial charge in [0.1, 0.15) is 5.75 Å². The third-order valence-corrected chi connectivity index (χ3v) is 4.55. The number of rotatable bonds is 8. The largest absolute Gasteiger partial charge is 0.481 e. The number of carboxylic acid groups (broad SMARTS) is 1. The highest BCUT2D eigenvalue weighted by molar-refractivity contribution is 5.89. The topological polar surface area (TPSA) is 90.6 Å². The summed E-state index contributed by atoms with van der Waals surface area (Å²) < 4.78 is 5.71. The van der Waals surface area contributed by atoms with Gasteiger partial charge in [0.05, 0.1) is 17.2 Å². The van der Waals surface area contributed by atoms with Crippen molar-refractivity contribution in [2.75, 3.05) is 13.1 Å². The van der Waals surface area contributed by atoms with E-state index in [1.54, 1.807) is 60.4 Å². The second kappa shape index (κ2) is 12.3. The fourth-order valence-electron chi connectivity index (χ4n) is 3.05. The first-order valence-corrected chi connectivity index (χ1v) is 10.1. The van der Waals surface area contributed by atoms with Crippen molar-refractivity contribution in [3.05, 3.63) is 65.2 Å². The summed E-state index contributed by atoms with van der Waals surface area (Å²) in [5, 5.41) is 18.2. The SMILES string of the molecule is CC.CCN(CC(C)c1ccccc1C(=O)O)C(=O)C(C)Oc1ccc(C#N)cc1. The van der Waals surface area contributed by atoms with Crippen LogP contribution in [-0.4, -0.2) is 41.1 Å². The third-order valence-electron chi connectivity index (χ3n) is 4.55. The molecule has 160 valence electrons. The number of likely N-dealkylation sites (N-methyl/N-ethyl adjacent to an activating group) is 1. The molecule has 1 amide bonds. The van der Waals surface area contributed by atoms with Crippen molar-refractivity contribution in [1.29, 1.82) is 5.26 Å². The number of ether oxygens (including phenoxy) is 1. The molecular formula is C24H30N2O4. The van der Waals surface area contributed by atoms with Crippen LogP contribution in [0.1, 0.15) is 62.0 Å². The lowest BCUT2D eigenvalue weighted by Gasteiger charge is -2.28. The number of carbonyl (C=O) groups is 2. The highest BCUT2D eigenvalue weighted by atomic mass is 16.5. The van der Waals surface area contributed by atoms with Gasteiger partial charge >= 0.3 is 5.97 Å². The Bertz CT molecular complexity index is 872. The van der Waals surface area contributed by atoms with Crippen LogP contribution in [0, 0.1) is 11.3 Å². The van der Waals surface area contributed by atoms with Crippen LogP contribution in [0.4, 0.5) is 0 Å². The molecule has 1 N–H and O–H groups in total. The standard InChI is InChI=1S/C22H24N2O4.C2H6/c1-4-24(14-15(2)19-7-5-6-8-20(19)22(26)27)21(25)16(3)28-18-11-9-17(13-23)10-12-18;1-2/h5-12,15-16H,4,14H2,1-3H3,(H,26,27);1-2H3. The number of nitriles is 1. The van der Waals surface area contributed by atoms with Crippen LogP contribution in [-0.2, 0) is 4.79 Å². The molecule has 0 aliphatic heterocycles. The minimum atomic E-state index is -0.977. The van der Waals surface area contributed by atoms with Crippen LogP contribution in [0.5, 0.6) is 5.75 Å². The number of hydrogen-bond donors (Lipinski definition) is 1. The molecule has 0 saturated heterocycles. The molecule has 0 fully saturated rings. The minimum absolute atomic E-state index is 0.140. The van der Waals surface area contributed by atoms with Crippen molar-refractivity contribution < 1.29 is 19.4 Å². The van der Waals surface area contributed by atoms with Crippen molar-refractivity contribution in [2.45, 2.75) is 46.6 Å². The Morgan fingerprint density at radius 1 is 1.10 bits per heavy atom. The van der Waals surface area contributed by atoms with E-state index in [2.05, 4.69) is 0 Å². The Balaban J connectivity index is 0.00000218. The van der Waals surface area contributed by atoms with Gasteiger partial charge in [0.2, 0.25) is 0 Å². The summed E-state index contributed by atoms with van der Waals surface area (Å²) in [5.41, 5.74) is 1.47. The van der Waals surface area contributed by atoms with E-state index in [-0.39, 0.29) is 17.4 Å². The van der Waals surface area contributed by atoms with Gasteiger partial charge in [-0.2, -0.15) is 5.26 Å². The minimum Gasteiger partial charge on any atom is -0.481 e. The van der Waals surface area contributed by atoms with Gasteiger partial charge in [0.15, 0.2) is 6.10 Å². The Hall–Kier alpha value is -3.33. The van der Waals surface area contributed by atoms with Gasteiger partial charge in [-0.25, -0.2) is 4.79 Å². The molecule has 2 rings (SSSR count). The summed E-state index contributed by atoms with van der Waals surface area (Å²) >= 11 is 0. The number of nitrogens with zero attached hydrogens (tertiary/aromatic N) is 2. The van der Waals surface area contributed by atoms with E-state index in [4.69, 9.17) is 10.00 Å². The molecule has 2 aromatic rings. The summed E-state index contributed by atoms with van der Waals surface area (Å²) in [7, 11) is 0. The van der Waals surface area contributed by atoms with Crippen molar-refractivity contribution in [3.63, 3.8) is 0 Å². The number of amides is 1. The lowest BCUT2D eigenvalue weighted by Crippen LogP contribution is -2.42. The molecule has 6 heteroatoms. The molecule has 30 heavy (non-hydrogen) atoms. The van der Waals surface area contributed by atoms with E-state index in [1.807, 2.05) is 33.8 Å². The van der Waals surface area contributed by atoms with Crippen LogP contribution in [0.2, 0.25) is 0 Å². The quantitative estimate of drug-likeness (QED) is 0.681. The average Bonchev–Trinajstić information content (AvgIpc) is 2.78. The van der Waals surface area contributed by atoms with E-state index < -0.39 is 12.1 Å². The molecule has 2 aromatic carbocycles. The Kier molecular flexibility index (Phi) is 10.1. The molecular weight excluding hydrogens is 380 g/mol. The van der Waals surface area contributed by atoms with Crippen LogP contribution in [0.15, 0.2) is 48.5 Å². The second-order valence-corrected chi connectivity index (χ2v) is 6.57. The molecule has 0 bridgehead atoms. The van der Waals surface area contributed by atoms with Gasteiger partial charge < -0.3 is 14.7 Å². The first-order valence-electron chi connectivity index (χ1n) is 10.1. The highest BCUT2D eigenvalue weighted by Crippen LogP contribution is 2.22. The number of carbonyl (C=O) groups excluding carboxylic acids is 1. The van der Waals surface area contributed by atoms with Crippen molar-refractivity contribution in [2.24, 2.45) is 0 Å². The molecule has 0 aliphatic rings. The summed E-state index contributed by atoms with van der Waals surface area (Å²) in [5.74, 6) is -0.778. The van der Waals surface area contributed by atoms with Crippen molar-refractivity contribution in [3.8, 4) is 11.8 Å². The fourth-order valence-corrected chi connectivity index (χ4v) is 3.05. The number of carboxylic acids is 1. The van der Waals surface area contributed by atoms with Crippen LogP contribution in [0.3, 0.4) is 0 Å². The maximum absolute atomic E-state index is 12.8. The monoisotopic (exact) mass is 410 g/mol. The predicted molar refractivity (Wildman–Crippen MR) is 117 cm³/mol. The summed E-state index contributed by atoms with van der Waals surface area (Å²) in [6, 6.07) is 15.5. The van der Waals surface area contributed by atoms with E-state index in [1.165, 1.54) is 0 Å². The van der Waals surface area contributed by atoms with Gasteiger partial charge in [-0.3, -0.25) is 4.79 Å². The smallest absolute Gasteiger partial charge is 0.335 e. The first kappa shape index (κ1) is 24.7. The number of hydrogen-bond acceptors (Lipinski definition) is 4. The Morgan fingerprint density at radius 2 is 1.70 bits per heavy atom. The van der Waals surface area contributed by atoms with Gasteiger partial charge in [-0.1, -0.05) is 39.0 Å². The van der Waals surface area contributed by atoms with Gasteiger partial charge in [-0.15, -0.1) is 0 Å². The molecule has 0 spiro atoms. The summed E-state index contributed by atoms with van der Waals surface area (Å²) in [6.45, 7) is 10.3. The second-order valence-electron chi connectivity index (χ2n) is 6.57. The highest BCUT2D eigenvalue weighted by Gasteiger charge is 2.24. The normalized spacial score (nSPS) is 11.9. The lowest BCUT2D eigenvalue weighted by molar-refractivity contribution is -0.138. The molecule has 0 heterocycles. The zero-order valence-corrected chi connectivity index (χ0v) is 18.3. The first-order chi connectivity index (χ1) is 14.4. The zero-order chi connectivity index (χ0) is 22.7. The zero-order valence-electron chi connectivity index (χ0n) is 18.3. The molecule has 2 atom stereocenters. The van der Waals surface area contributed by atoms with E-state index in [9.17, 15) is 14.7 Å². The Labute approximate surface area is 178 Å². The molecule has 0 aromatic heterocycles. The maximum Gasteiger partial charge on any atom is 0.335 e. The molecule has 2 unspecified atom stereocenters. The van der Waals surface area contributed by atoms with Gasteiger partial charge in [-0.05, 0) is 55.7 Å². The third kappa shape index (κ3) is 6.63. The van der Waals surface area contributed by atoms with E-state index in [0.29, 0.717) is 30.0 Å². The van der Waals surface area contributed by atoms with Gasteiger partial charge in [0, 0.05) is 13.1 Å². The molecule has 0 aliphatic carbocycles. The summed E-state index contributed by atoms with van der Waals surface area (Å²) in [6.07, 6.45) is -0.699. The van der Waals surface area contributed by atoms with Crippen LogP contribution in [0.25, 0.3) is 0 Å². The van der Waals surface area contributed by atoms with Crippen molar-refractivity contribution in [1.82, 2.24) is 4.90 Å². The maximum atomic E-state index is 12.8. The fraction of sp³-hybridized carbons (Fsp3) is 0.375. The van der Waals surface area contributed by atoms with E-state index in [0.717, 1.165) is 0 Å². The number of aromatic carboxylic acids is 1. The molecule has 0 saturated carbocycles. The van der Waals surface area contributed by atoms with Crippen molar-refractivity contribution >= 4 is 11.9 Å². The van der Waals surface area contributed by atoms with Crippen LogP contribution < -0.4 is 4.74 Å². The molecule has 0 radical (unpaired) electrons. The predicted octanol–water partition coefficient (Wildman–Crippen LogP) is 4.70. The van der Waals surface area contributed by atoms with Crippen LogP contribution >= 0.6 is 0 Å². The van der Waals surface area contributed by atoms with Gasteiger partial charge in [0.25, 0.3) is 5.91 Å². The van der Waals surface area contributed by atoms with E-state index >= 15 is 0 Å².